The number of hydrogen-bond donors (Lipinski definition) is 1. The van der Waals surface area contributed by atoms with Crippen LogP contribution in [0.3, 0.4) is 0 Å². The Bertz CT molecular complexity index is 697. The molecular weight excluding hydrogens is 332 g/mol. The van der Waals surface area contributed by atoms with Gasteiger partial charge in [-0.2, -0.15) is 5.10 Å². The number of amides is 1. The Hall–Kier alpha value is -3.02. The van der Waals surface area contributed by atoms with Crippen molar-refractivity contribution in [3.05, 3.63) is 54.1 Å². The molecule has 0 spiro atoms. The van der Waals surface area contributed by atoms with Crippen molar-refractivity contribution in [1.29, 1.82) is 0 Å². The van der Waals surface area contributed by atoms with Crippen LogP contribution in [-0.4, -0.2) is 32.4 Å². The zero-order valence-electron chi connectivity index (χ0n) is 15.1. The molecule has 2 aromatic rings. The van der Waals surface area contributed by atoms with Crippen LogP contribution in [0.25, 0.3) is 0 Å². The number of ether oxygens (including phenoxy) is 3. The number of rotatable bonds is 10. The predicted molar refractivity (Wildman–Crippen MR) is 101 cm³/mol. The largest absolute Gasteiger partial charge is 0.497 e. The minimum absolute atomic E-state index is 0.115. The lowest BCUT2D eigenvalue weighted by Gasteiger charge is -2.07. The summed E-state index contributed by atoms with van der Waals surface area (Å²) in [5.41, 5.74) is 3.28. The summed E-state index contributed by atoms with van der Waals surface area (Å²) in [6.45, 7) is 2.70. The number of carbonyl (C=O) groups excluding carboxylic acids is 1. The van der Waals surface area contributed by atoms with Crippen molar-refractivity contribution in [2.45, 2.75) is 19.8 Å². The van der Waals surface area contributed by atoms with Gasteiger partial charge in [0.15, 0.2) is 6.61 Å². The van der Waals surface area contributed by atoms with Crippen LogP contribution in [0.2, 0.25) is 0 Å². The highest BCUT2D eigenvalue weighted by molar-refractivity contribution is 5.83. The van der Waals surface area contributed by atoms with Gasteiger partial charge in [0.05, 0.1) is 19.9 Å². The molecule has 0 heterocycles. The molecule has 1 amide bonds. The van der Waals surface area contributed by atoms with Crippen molar-refractivity contribution in [1.82, 2.24) is 5.43 Å². The van der Waals surface area contributed by atoms with Gasteiger partial charge < -0.3 is 14.2 Å². The fraction of sp³-hybridized carbons (Fsp3) is 0.300. The van der Waals surface area contributed by atoms with E-state index in [0.29, 0.717) is 12.4 Å². The first kappa shape index (κ1) is 19.3. The third-order valence-corrected chi connectivity index (χ3v) is 3.48. The van der Waals surface area contributed by atoms with E-state index in [0.717, 1.165) is 29.9 Å². The average Bonchev–Trinajstić information content (AvgIpc) is 2.68. The number of carbonyl (C=O) groups is 1. The van der Waals surface area contributed by atoms with Gasteiger partial charge in [-0.25, -0.2) is 5.43 Å². The number of methoxy groups -OCH3 is 1. The first-order valence-corrected chi connectivity index (χ1v) is 8.53. The molecule has 6 heteroatoms. The van der Waals surface area contributed by atoms with Crippen LogP contribution in [0.5, 0.6) is 17.2 Å². The minimum atomic E-state index is -0.335. The molecule has 0 saturated carbocycles. The maximum absolute atomic E-state index is 11.8. The van der Waals surface area contributed by atoms with Crippen molar-refractivity contribution in [2.24, 2.45) is 5.10 Å². The molecule has 0 bridgehead atoms. The fourth-order valence-corrected chi connectivity index (χ4v) is 2.02. The molecule has 0 saturated heterocycles. The van der Waals surface area contributed by atoms with Gasteiger partial charge in [-0.1, -0.05) is 13.3 Å². The summed E-state index contributed by atoms with van der Waals surface area (Å²) in [5, 5.41) is 3.90. The lowest BCUT2D eigenvalue weighted by atomic mass is 10.2. The molecule has 6 nitrogen and oxygen atoms in total. The van der Waals surface area contributed by atoms with Gasteiger partial charge in [-0.05, 0) is 60.5 Å². The van der Waals surface area contributed by atoms with E-state index < -0.39 is 0 Å². The fourth-order valence-electron chi connectivity index (χ4n) is 2.02. The number of hydrazone groups is 1. The second-order valence-electron chi connectivity index (χ2n) is 5.53. The van der Waals surface area contributed by atoms with Crippen LogP contribution >= 0.6 is 0 Å². The third kappa shape index (κ3) is 6.84. The van der Waals surface area contributed by atoms with E-state index >= 15 is 0 Å². The lowest BCUT2D eigenvalue weighted by molar-refractivity contribution is -0.123. The number of hydrogen-bond acceptors (Lipinski definition) is 5. The molecule has 0 aliphatic rings. The number of nitrogens with zero attached hydrogens (tertiary/aromatic N) is 1. The monoisotopic (exact) mass is 356 g/mol. The van der Waals surface area contributed by atoms with Crippen LogP contribution in [0, 0.1) is 0 Å². The van der Waals surface area contributed by atoms with Crippen LogP contribution in [0.15, 0.2) is 53.6 Å². The third-order valence-electron chi connectivity index (χ3n) is 3.48. The highest BCUT2D eigenvalue weighted by Gasteiger charge is 2.02. The number of benzene rings is 2. The summed E-state index contributed by atoms with van der Waals surface area (Å²) in [6.07, 6.45) is 3.67. The quantitative estimate of drug-likeness (QED) is 0.402. The molecule has 0 aliphatic carbocycles. The van der Waals surface area contributed by atoms with Gasteiger partial charge >= 0.3 is 0 Å². The van der Waals surface area contributed by atoms with Gasteiger partial charge in [0.2, 0.25) is 0 Å². The minimum Gasteiger partial charge on any atom is -0.497 e. The van der Waals surface area contributed by atoms with E-state index in [9.17, 15) is 4.79 Å². The Kier molecular flexibility index (Phi) is 7.99. The van der Waals surface area contributed by atoms with E-state index in [1.807, 2.05) is 36.4 Å². The molecule has 26 heavy (non-hydrogen) atoms. The van der Waals surface area contributed by atoms with Gasteiger partial charge in [0, 0.05) is 0 Å². The number of nitrogens with one attached hydrogen (secondary N) is 1. The smallest absolute Gasteiger partial charge is 0.277 e. The van der Waals surface area contributed by atoms with Crippen LogP contribution in [0.1, 0.15) is 25.3 Å². The number of unbranched alkanes of at least 4 members (excludes halogenated alkanes) is 1. The van der Waals surface area contributed by atoms with Crippen LogP contribution in [0.4, 0.5) is 0 Å². The SMILES string of the molecule is CCCCOc1ccc(OCC(=O)N/N=C\c2ccc(OC)cc2)cc1. The first-order chi connectivity index (χ1) is 12.7. The zero-order chi connectivity index (χ0) is 18.6. The molecule has 0 aromatic heterocycles. The highest BCUT2D eigenvalue weighted by atomic mass is 16.5. The molecule has 0 radical (unpaired) electrons. The normalized spacial score (nSPS) is 10.5. The molecular formula is C20H24N2O4. The van der Waals surface area contributed by atoms with Crippen molar-refractivity contribution in [2.75, 3.05) is 20.3 Å². The Morgan fingerprint density at radius 1 is 1.00 bits per heavy atom. The van der Waals surface area contributed by atoms with E-state index in [1.54, 1.807) is 25.5 Å². The van der Waals surface area contributed by atoms with Crippen molar-refractivity contribution in [3.8, 4) is 17.2 Å². The van der Waals surface area contributed by atoms with Gasteiger partial charge in [0.1, 0.15) is 17.2 Å². The summed E-state index contributed by atoms with van der Waals surface area (Å²) >= 11 is 0. The van der Waals surface area contributed by atoms with Crippen LogP contribution in [-0.2, 0) is 4.79 Å². The van der Waals surface area contributed by atoms with Crippen LogP contribution < -0.4 is 19.6 Å². The standard InChI is InChI=1S/C20H24N2O4/c1-3-4-13-25-18-9-11-19(12-10-18)26-15-20(23)22-21-14-16-5-7-17(24-2)8-6-16/h5-12,14H,3-4,13,15H2,1-2H3,(H,22,23)/b21-14-. The van der Waals surface area contributed by atoms with Crippen molar-refractivity contribution < 1.29 is 19.0 Å². The Morgan fingerprint density at radius 2 is 1.62 bits per heavy atom. The molecule has 0 atom stereocenters. The second kappa shape index (κ2) is 10.8. The van der Waals surface area contributed by atoms with E-state index in [1.165, 1.54) is 0 Å². The molecule has 0 fully saturated rings. The molecule has 2 aromatic carbocycles. The van der Waals surface area contributed by atoms with Gasteiger partial charge in [0.25, 0.3) is 5.91 Å². The maximum atomic E-state index is 11.8. The lowest BCUT2D eigenvalue weighted by Crippen LogP contribution is -2.24. The highest BCUT2D eigenvalue weighted by Crippen LogP contribution is 2.17. The topological polar surface area (TPSA) is 69.2 Å². The molecule has 138 valence electrons. The van der Waals surface area contributed by atoms with E-state index in [-0.39, 0.29) is 12.5 Å². The second-order valence-corrected chi connectivity index (χ2v) is 5.53. The molecule has 0 unspecified atom stereocenters. The molecule has 2 rings (SSSR count). The van der Waals surface area contributed by atoms with E-state index in [2.05, 4.69) is 17.5 Å². The summed E-state index contributed by atoms with van der Waals surface area (Å²) in [6, 6.07) is 14.5. The maximum Gasteiger partial charge on any atom is 0.277 e. The Morgan fingerprint density at radius 3 is 2.23 bits per heavy atom. The average molecular weight is 356 g/mol. The van der Waals surface area contributed by atoms with Gasteiger partial charge in [-0.3, -0.25) is 4.79 Å². The van der Waals surface area contributed by atoms with E-state index in [4.69, 9.17) is 14.2 Å². The summed E-state index contributed by atoms with van der Waals surface area (Å²) in [7, 11) is 1.61. The summed E-state index contributed by atoms with van der Waals surface area (Å²) in [4.78, 5) is 11.8. The summed E-state index contributed by atoms with van der Waals surface area (Å²) in [5.74, 6) is 1.82. The van der Waals surface area contributed by atoms with Gasteiger partial charge in [-0.15, -0.1) is 0 Å². The summed E-state index contributed by atoms with van der Waals surface area (Å²) < 4.78 is 16.1. The van der Waals surface area contributed by atoms with Crippen molar-refractivity contribution in [3.63, 3.8) is 0 Å². The first-order valence-electron chi connectivity index (χ1n) is 8.53. The predicted octanol–water partition coefficient (Wildman–Crippen LogP) is 3.40. The van der Waals surface area contributed by atoms with Crippen molar-refractivity contribution >= 4 is 12.1 Å². The zero-order valence-corrected chi connectivity index (χ0v) is 15.1. The Labute approximate surface area is 153 Å². The molecule has 1 N–H and O–H groups in total. The Balaban J connectivity index is 1.71. The molecule has 0 aliphatic heterocycles.